The van der Waals surface area contributed by atoms with Crippen molar-refractivity contribution in [2.45, 2.75) is 32.9 Å². The van der Waals surface area contributed by atoms with Gasteiger partial charge in [0.25, 0.3) is 0 Å². The molecule has 1 aliphatic heterocycles. The van der Waals surface area contributed by atoms with Crippen LogP contribution in [0, 0.1) is 0 Å². The van der Waals surface area contributed by atoms with Crippen LogP contribution < -0.4 is 20.7 Å². The van der Waals surface area contributed by atoms with E-state index in [2.05, 4.69) is 22.0 Å². The molecule has 1 aromatic carbocycles. The quantitative estimate of drug-likeness (QED) is 0.707. The molecule has 1 atom stereocenters. The van der Waals surface area contributed by atoms with Crippen LogP contribution in [0.5, 0.6) is 5.75 Å². The smallest absolute Gasteiger partial charge is 0.315 e. The van der Waals surface area contributed by atoms with E-state index in [9.17, 15) is 9.59 Å². The maximum absolute atomic E-state index is 11.6. The molecule has 1 heterocycles. The van der Waals surface area contributed by atoms with E-state index in [1.807, 2.05) is 19.1 Å². The molecule has 2 rings (SSSR count). The third-order valence-corrected chi connectivity index (χ3v) is 3.20. The van der Waals surface area contributed by atoms with Crippen LogP contribution in [0.4, 0.5) is 4.79 Å². The van der Waals surface area contributed by atoms with Crippen molar-refractivity contribution in [3.05, 3.63) is 29.3 Å². The van der Waals surface area contributed by atoms with Crippen molar-refractivity contribution in [3.8, 4) is 5.75 Å². The van der Waals surface area contributed by atoms with Gasteiger partial charge >= 0.3 is 6.03 Å². The van der Waals surface area contributed by atoms with Crippen LogP contribution in [-0.4, -0.2) is 31.1 Å². The van der Waals surface area contributed by atoms with E-state index in [0.717, 1.165) is 17.7 Å². The Morgan fingerprint density at radius 3 is 2.76 bits per heavy atom. The Labute approximate surface area is 124 Å². The summed E-state index contributed by atoms with van der Waals surface area (Å²) >= 11 is 0. The summed E-state index contributed by atoms with van der Waals surface area (Å²) in [6.45, 7) is 4.78. The topological polar surface area (TPSA) is 79.5 Å². The molecule has 1 aromatic rings. The fourth-order valence-corrected chi connectivity index (χ4v) is 2.24. The molecule has 0 fully saturated rings. The minimum absolute atomic E-state index is 0.105. The zero-order valence-electron chi connectivity index (χ0n) is 12.4. The maximum Gasteiger partial charge on any atom is 0.315 e. The van der Waals surface area contributed by atoms with E-state index in [0.29, 0.717) is 19.6 Å². The minimum Gasteiger partial charge on any atom is -0.490 e. The van der Waals surface area contributed by atoms with Crippen molar-refractivity contribution in [3.63, 3.8) is 0 Å². The number of benzene rings is 1. The van der Waals surface area contributed by atoms with Gasteiger partial charge < -0.3 is 20.7 Å². The zero-order valence-corrected chi connectivity index (χ0v) is 12.4. The van der Waals surface area contributed by atoms with Gasteiger partial charge in [-0.15, -0.1) is 0 Å². The van der Waals surface area contributed by atoms with E-state index >= 15 is 0 Å². The molecule has 21 heavy (non-hydrogen) atoms. The van der Waals surface area contributed by atoms with Crippen LogP contribution in [0.2, 0.25) is 0 Å². The molecule has 1 unspecified atom stereocenters. The Balaban J connectivity index is 1.72. The molecule has 6 nitrogen and oxygen atoms in total. The van der Waals surface area contributed by atoms with Gasteiger partial charge in [-0.3, -0.25) is 4.79 Å². The second-order valence-corrected chi connectivity index (χ2v) is 5.17. The summed E-state index contributed by atoms with van der Waals surface area (Å²) < 4.78 is 5.64. The molecule has 0 aliphatic carbocycles. The van der Waals surface area contributed by atoms with Crippen molar-refractivity contribution in [2.24, 2.45) is 0 Å². The normalized spacial score (nSPS) is 15.8. The van der Waals surface area contributed by atoms with E-state index in [1.54, 1.807) is 0 Å². The molecule has 3 amide bonds. The Morgan fingerprint density at radius 2 is 2.00 bits per heavy atom. The average molecular weight is 291 g/mol. The third kappa shape index (κ3) is 4.66. The average Bonchev–Trinajstić information content (AvgIpc) is 2.80. The van der Waals surface area contributed by atoms with Crippen LogP contribution >= 0.6 is 0 Å². The predicted octanol–water partition coefficient (Wildman–Crippen LogP) is 0.945. The summed E-state index contributed by atoms with van der Waals surface area (Å²) in [5.41, 5.74) is 2.23. The molecule has 0 saturated carbocycles. The van der Waals surface area contributed by atoms with Gasteiger partial charge in [-0.1, -0.05) is 12.1 Å². The van der Waals surface area contributed by atoms with Gasteiger partial charge in [-0.05, 0) is 24.1 Å². The molecule has 6 heteroatoms. The highest BCUT2D eigenvalue weighted by Gasteiger charge is 2.18. The van der Waals surface area contributed by atoms with Crippen molar-refractivity contribution in [2.75, 3.05) is 13.1 Å². The summed E-state index contributed by atoms with van der Waals surface area (Å²) in [6.07, 6.45) is 1.13. The first kappa shape index (κ1) is 15.2. The third-order valence-electron chi connectivity index (χ3n) is 3.20. The minimum atomic E-state index is -0.245. The van der Waals surface area contributed by atoms with Gasteiger partial charge in [-0.25, -0.2) is 4.79 Å². The van der Waals surface area contributed by atoms with Gasteiger partial charge in [0.1, 0.15) is 11.9 Å². The standard InChI is InChI=1S/C15H21N3O3/c1-10-7-13-8-12(3-4-14(13)21-10)9-18-15(20)17-6-5-16-11(2)19/h3-4,8,10H,5-7,9H2,1-2H3,(H,16,19)(H2,17,18,20). The fraction of sp³-hybridized carbons (Fsp3) is 0.467. The SMILES string of the molecule is CC(=O)NCCNC(=O)NCc1ccc2c(c1)CC(C)O2. The molecule has 0 saturated heterocycles. The van der Waals surface area contributed by atoms with Gasteiger partial charge in [0.15, 0.2) is 0 Å². The van der Waals surface area contributed by atoms with Gasteiger partial charge in [0.2, 0.25) is 5.91 Å². The number of fused-ring (bicyclic) bond motifs is 1. The van der Waals surface area contributed by atoms with Crippen molar-refractivity contribution < 1.29 is 14.3 Å². The predicted molar refractivity (Wildman–Crippen MR) is 79.2 cm³/mol. The second-order valence-electron chi connectivity index (χ2n) is 5.17. The monoisotopic (exact) mass is 291 g/mol. The highest BCUT2D eigenvalue weighted by molar-refractivity contribution is 5.74. The first-order valence-electron chi connectivity index (χ1n) is 7.09. The molecule has 0 aromatic heterocycles. The van der Waals surface area contributed by atoms with E-state index < -0.39 is 0 Å². The number of rotatable bonds is 5. The molecule has 0 bridgehead atoms. The zero-order chi connectivity index (χ0) is 15.2. The highest BCUT2D eigenvalue weighted by atomic mass is 16.5. The Morgan fingerprint density at radius 1 is 1.24 bits per heavy atom. The summed E-state index contributed by atoms with van der Waals surface area (Å²) in [5.74, 6) is 0.831. The summed E-state index contributed by atoms with van der Waals surface area (Å²) in [5, 5.41) is 8.08. The Hall–Kier alpha value is -2.24. The van der Waals surface area contributed by atoms with Crippen LogP contribution in [-0.2, 0) is 17.8 Å². The first-order valence-corrected chi connectivity index (χ1v) is 7.09. The largest absolute Gasteiger partial charge is 0.490 e. The lowest BCUT2D eigenvalue weighted by molar-refractivity contribution is -0.118. The fourth-order valence-electron chi connectivity index (χ4n) is 2.24. The summed E-state index contributed by atoms with van der Waals surface area (Å²) in [4.78, 5) is 22.3. The lowest BCUT2D eigenvalue weighted by Gasteiger charge is -2.09. The Kier molecular flexibility index (Phi) is 5.03. The maximum atomic E-state index is 11.6. The van der Waals surface area contributed by atoms with Crippen LogP contribution in [0.15, 0.2) is 18.2 Å². The molecule has 114 valence electrons. The number of amides is 3. The number of hydrogen-bond donors (Lipinski definition) is 3. The van der Waals surface area contributed by atoms with Gasteiger partial charge in [-0.2, -0.15) is 0 Å². The number of carbonyl (C=O) groups excluding carboxylic acids is 2. The first-order chi connectivity index (χ1) is 10.0. The molecular formula is C15H21N3O3. The molecular weight excluding hydrogens is 270 g/mol. The van der Waals surface area contributed by atoms with Crippen LogP contribution in [0.1, 0.15) is 25.0 Å². The number of ether oxygens (including phenoxy) is 1. The molecule has 0 spiro atoms. The molecule has 1 aliphatic rings. The van der Waals surface area contributed by atoms with Crippen molar-refractivity contribution in [1.29, 1.82) is 0 Å². The summed E-state index contributed by atoms with van der Waals surface area (Å²) in [6, 6.07) is 5.72. The lowest BCUT2D eigenvalue weighted by Crippen LogP contribution is -2.39. The number of nitrogens with one attached hydrogen (secondary N) is 3. The summed E-state index contributed by atoms with van der Waals surface area (Å²) in [7, 11) is 0. The number of hydrogen-bond acceptors (Lipinski definition) is 3. The van der Waals surface area contributed by atoms with Crippen LogP contribution in [0.3, 0.4) is 0 Å². The van der Waals surface area contributed by atoms with Crippen molar-refractivity contribution >= 4 is 11.9 Å². The highest BCUT2D eigenvalue weighted by Crippen LogP contribution is 2.29. The lowest BCUT2D eigenvalue weighted by atomic mass is 10.1. The van der Waals surface area contributed by atoms with E-state index in [4.69, 9.17) is 4.74 Å². The number of carbonyl (C=O) groups is 2. The van der Waals surface area contributed by atoms with E-state index in [1.165, 1.54) is 12.5 Å². The van der Waals surface area contributed by atoms with E-state index in [-0.39, 0.29) is 18.0 Å². The van der Waals surface area contributed by atoms with Crippen LogP contribution in [0.25, 0.3) is 0 Å². The number of urea groups is 1. The van der Waals surface area contributed by atoms with Gasteiger partial charge in [0.05, 0.1) is 0 Å². The van der Waals surface area contributed by atoms with Crippen molar-refractivity contribution in [1.82, 2.24) is 16.0 Å². The van der Waals surface area contributed by atoms with Gasteiger partial charge in [0, 0.05) is 33.0 Å². The second kappa shape index (κ2) is 6.97. The molecule has 3 N–H and O–H groups in total. The Bertz CT molecular complexity index is 531. The molecule has 0 radical (unpaired) electrons.